The maximum absolute atomic E-state index is 12.7. The van der Waals surface area contributed by atoms with Crippen LogP contribution < -0.4 is 10.9 Å². The predicted molar refractivity (Wildman–Crippen MR) is 124 cm³/mol. The van der Waals surface area contributed by atoms with Crippen molar-refractivity contribution in [3.63, 3.8) is 0 Å². The fourth-order valence-corrected chi connectivity index (χ4v) is 4.01. The lowest BCUT2D eigenvalue weighted by atomic mass is 10.1. The molecule has 1 aliphatic heterocycles. The summed E-state index contributed by atoms with van der Waals surface area (Å²) in [5.74, 6) is -0.181. The molecule has 0 spiro atoms. The van der Waals surface area contributed by atoms with Crippen molar-refractivity contribution in [2.75, 3.05) is 38.0 Å². The number of benzene rings is 2. The first-order chi connectivity index (χ1) is 15.4. The predicted octanol–water partition coefficient (Wildman–Crippen LogP) is 1.80. The molecule has 0 saturated carbocycles. The minimum absolute atomic E-state index is 0.0380. The number of nitrogens with zero attached hydrogens (tertiary/aromatic N) is 4. The lowest BCUT2D eigenvalue weighted by molar-refractivity contribution is -0.133. The fourth-order valence-electron chi connectivity index (χ4n) is 4.01. The van der Waals surface area contributed by atoms with Gasteiger partial charge in [0.2, 0.25) is 11.8 Å². The molecule has 1 N–H and O–H groups in total. The van der Waals surface area contributed by atoms with E-state index in [0.29, 0.717) is 37.1 Å². The van der Waals surface area contributed by atoms with Gasteiger partial charge in [0, 0.05) is 31.9 Å². The third kappa shape index (κ3) is 4.70. The zero-order valence-electron chi connectivity index (χ0n) is 18.4. The van der Waals surface area contributed by atoms with Crippen molar-refractivity contribution in [3.8, 4) is 0 Å². The van der Waals surface area contributed by atoms with Gasteiger partial charge in [0.1, 0.15) is 6.54 Å². The van der Waals surface area contributed by atoms with Crippen LogP contribution in [0.15, 0.2) is 53.6 Å². The van der Waals surface area contributed by atoms with Crippen molar-refractivity contribution in [3.05, 3.63) is 70.3 Å². The maximum atomic E-state index is 12.7. The summed E-state index contributed by atoms with van der Waals surface area (Å²) in [6.45, 7) is 6.45. The summed E-state index contributed by atoms with van der Waals surface area (Å²) >= 11 is 0. The first-order valence-electron chi connectivity index (χ1n) is 10.7. The number of nitrogens with one attached hydrogen (secondary N) is 1. The largest absolute Gasteiger partial charge is 0.339 e. The van der Waals surface area contributed by atoms with E-state index in [2.05, 4.69) is 10.3 Å². The molecule has 2 heterocycles. The average molecular weight is 434 g/mol. The molecule has 32 heavy (non-hydrogen) atoms. The Morgan fingerprint density at radius 2 is 1.62 bits per heavy atom. The molecule has 2 amide bonds. The third-order valence-electron chi connectivity index (χ3n) is 5.87. The molecule has 1 aromatic heterocycles. The van der Waals surface area contributed by atoms with Gasteiger partial charge in [-0.1, -0.05) is 30.3 Å². The van der Waals surface area contributed by atoms with E-state index in [1.165, 1.54) is 10.9 Å². The van der Waals surface area contributed by atoms with Gasteiger partial charge in [0.05, 0.1) is 23.8 Å². The number of anilines is 1. The summed E-state index contributed by atoms with van der Waals surface area (Å²) in [5.41, 5.74) is 3.33. The zero-order chi connectivity index (χ0) is 22.7. The number of fused-ring (bicyclic) bond motifs is 1. The minimum Gasteiger partial charge on any atom is -0.339 e. The SMILES string of the molecule is Cc1cccc(C)c1NC(=O)CN1CCN(C(=O)Cn2cnc3ccccc3c2=O)CC1. The number of aromatic nitrogens is 2. The molecule has 0 bridgehead atoms. The van der Waals surface area contributed by atoms with Crippen molar-refractivity contribution in [1.29, 1.82) is 0 Å². The number of para-hydroxylation sites is 2. The lowest BCUT2D eigenvalue weighted by Gasteiger charge is -2.34. The second-order valence-electron chi connectivity index (χ2n) is 8.17. The molecular weight excluding hydrogens is 406 g/mol. The smallest absolute Gasteiger partial charge is 0.261 e. The Morgan fingerprint density at radius 1 is 0.938 bits per heavy atom. The van der Waals surface area contributed by atoms with Crippen LogP contribution in [0.3, 0.4) is 0 Å². The number of rotatable bonds is 5. The second-order valence-corrected chi connectivity index (χ2v) is 8.17. The number of aryl methyl sites for hydroxylation is 2. The summed E-state index contributed by atoms with van der Waals surface area (Å²) in [5, 5.41) is 3.51. The van der Waals surface area contributed by atoms with Crippen LogP contribution in [0.2, 0.25) is 0 Å². The molecule has 4 rings (SSSR count). The van der Waals surface area contributed by atoms with Crippen molar-refractivity contribution in [1.82, 2.24) is 19.4 Å². The van der Waals surface area contributed by atoms with Crippen molar-refractivity contribution >= 4 is 28.4 Å². The number of carbonyl (C=O) groups excluding carboxylic acids is 2. The van der Waals surface area contributed by atoms with E-state index in [1.807, 2.05) is 43.0 Å². The van der Waals surface area contributed by atoms with Crippen LogP contribution in [0, 0.1) is 13.8 Å². The normalized spacial score (nSPS) is 14.5. The third-order valence-corrected chi connectivity index (χ3v) is 5.87. The van der Waals surface area contributed by atoms with E-state index in [0.717, 1.165) is 16.8 Å². The molecule has 0 unspecified atom stereocenters. The van der Waals surface area contributed by atoms with Crippen LogP contribution >= 0.6 is 0 Å². The highest BCUT2D eigenvalue weighted by Gasteiger charge is 2.23. The summed E-state index contributed by atoms with van der Waals surface area (Å²) in [7, 11) is 0. The molecule has 0 atom stereocenters. The first kappa shape index (κ1) is 21.7. The highest BCUT2D eigenvalue weighted by atomic mass is 16.2. The highest BCUT2D eigenvalue weighted by molar-refractivity contribution is 5.93. The fraction of sp³-hybridized carbons (Fsp3) is 0.333. The number of amides is 2. The zero-order valence-corrected chi connectivity index (χ0v) is 18.4. The molecule has 1 saturated heterocycles. The average Bonchev–Trinajstić information content (AvgIpc) is 2.79. The number of hydrogen-bond donors (Lipinski definition) is 1. The molecule has 1 fully saturated rings. The molecule has 8 nitrogen and oxygen atoms in total. The number of piperazine rings is 1. The molecule has 8 heteroatoms. The van der Waals surface area contributed by atoms with Crippen molar-refractivity contribution in [2.24, 2.45) is 0 Å². The molecule has 0 radical (unpaired) electrons. The van der Waals surface area contributed by atoms with Crippen molar-refractivity contribution in [2.45, 2.75) is 20.4 Å². The quantitative estimate of drug-likeness (QED) is 0.663. The minimum atomic E-state index is -0.217. The molecule has 3 aromatic rings. The Balaban J connectivity index is 1.31. The van der Waals surface area contributed by atoms with Gasteiger partial charge in [-0.25, -0.2) is 4.98 Å². The molecule has 0 aliphatic carbocycles. The van der Waals surface area contributed by atoms with Gasteiger partial charge in [-0.2, -0.15) is 0 Å². The van der Waals surface area contributed by atoms with E-state index >= 15 is 0 Å². The topological polar surface area (TPSA) is 87.5 Å². The van der Waals surface area contributed by atoms with Gasteiger partial charge >= 0.3 is 0 Å². The van der Waals surface area contributed by atoms with Crippen LogP contribution in [0.25, 0.3) is 10.9 Å². The molecule has 166 valence electrons. The van der Waals surface area contributed by atoms with Gasteiger partial charge in [0.25, 0.3) is 5.56 Å². The van der Waals surface area contributed by atoms with Crippen LogP contribution in [0.5, 0.6) is 0 Å². The molecule has 1 aliphatic rings. The van der Waals surface area contributed by atoms with Gasteiger partial charge in [-0.15, -0.1) is 0 Å². The van der Waals surface area contributed by atoms with E-state index < -0.39 is 0 Å². The monoisotopic (exact) mass is 433 g/mol. The summed E-state index contributed by atoms with van der Waals surface area (Å²) < 4.78 is 1.36. The highest BCUT2D eigenvalue weighted by Crippen LogP contribution is 2.19. The Labute approximate surface area is 186 Å². The van der Waals surface area contributed by atoms with Gasteiger partial charge in [-0.3, -0.25) is 23.9 Å². The maximum Gasteiger partial charge on any atom is 0.261 e. The van der Waals surface area contributed by atoms with Crippen LogP contribution in [0.1, 0.15) is 11.1 Å². The Morgan fingerprint density at radius 3 is 2.34 bits per heavy atom. The summed E-state index contributed by atoms with van der Waals surface area (Å²) in [6.07, 6.45) is 1.43. The van der Waals surface area contributed by atoms with Gasteiger partial charge in [0.15, 0.2) is 0 Å². The standard InChI is InChI=1S/C24H27N5O3/c1-17-6-5-7-18(2)23(17)26-21(30)14-27-10-12-28(13-11-27)22(31)15-29-16-25-20-9-4-3-8-19(20)24(29)32/h3-9,16H,10-15H2,1-2H3,(H,26,30). The summed E-state index contributed by atoms with van der Waals surface area (Å²) in [4.78, 5) is 45.9. The molecule has 2 aromatic carbocycles. The summed E-state index contributed by atoms with van der Waals surface area (Å²) in [6, 6.07) is 13.0. The van der Waals surface area contributed by atoms with Gasteiger partial charge < -0.3 is 10.2 Å². The Kier molecular flexibility index (Phi) is 6.32. The molecular formula is C24H27N5O3. The Bertz CT molecular complexity index is 1190. The van der Waals surface area contributed by atoms with E-state index in [9.17, 15) is 14.4 Å². The van der Waals surface area contributed by atoms with Crippen LogP contribution in [-0.4, -0.2) is 63.9 Å². The van der Waals surface area contributed by atoms with Gasteiger partial charge in [-0.05, 0) is 37.1 Å². The number of carbonyl (C=O) groups is 2. The van der Waals surface area contributed by atoms with Crippen molar-refractivity contribution < 1.29 is 9.59 Å². The van der Waals surface area contributed by atoms with E-state index in [-0.39, 0.29) is 30.5 Å². The van der Waals surface area contributed by atoms with Crippen LogP contribution in [-0.2, 0) is 16.1 Å². The lowest BCUT2D eigenvalue weighted by Crippen LogP contribution is -2.51. The Hall–Kier alpha value is -3.52. The van der Waals surface area contributed by atoms with E-state index in [4.69, 9.17) is 0 Å². The van der Waals surface area contributed by atoms with Crippen LogP contribution in [0.4, 0.5) is 5.69 Å². The second kappa shape index (κ2) is 9.32. The van der Waals surface area contributed by atoms with E-state index in [1.54, 1.807) is 23.1 Å². The first-order valence-corrected chi connectivity index (χ1v) is 10.7. The number of hydrogen-bond acceptors (Lipinski definition) is 5.